The van der Waals surface area contributed by atoms with Crippen LogP contribution in [0.4, 0.5) is 5.69 Å². The Bertz CT molecular complexity index is 453. The lowest BCUT2D eigenvalue weighted by molar-refractivity contribution is -0.110. The predicted octanol–water partition coefficient (Wildman–Crippen LogP) is 1.14. The van der Waals surface area contributed by atoms with Crippen LogP contribution in [0, 0.1) is 6.92 Å². The summed E-state index contributed by atoms with van der Waals surface area (Å²) >= 11 is 4.57. The number of nitrogens with one attached hydrogen (secondary N) is 2. The van der Waals surface area contributed by atoms with Crippen molar-refractivity contribution in [3.8, 4) is 0 Å². The van der Waals surface area contributed by atoms with Crippen LogP contribution in [0.3, 0.4) is 0 Å². The van der Waals surface area contributed by atoms with Gasteiger partial charge in [0.05, 0.1) is 0 Å². The Kier molecular flexibility index (Phi) is 4.59. The lowest BCUT2D eigenvalue weighted by Gasteiger charge is -2.05. The maximum absolute atomic E-state index is 11.6. The highest BCUT2D eigenvalue weighted by molar-refractivity contribution is 7.80. The topological polar surface area (TPSA) is 79.5 Å². The van der Waals surface area contributed by atoms with Crippen molar-refractivity contribution in [1.82, 2.24) is 5.43 Å². The molecule has 0 aliphatic rings. The summed E-state index contributed by atoms with van der Waals surface area (Å²) in [6.45, 7) is 3.54. The third-order valence-corrected chi connectivity index (χ3v) is 2.06. The molecule has 0 aromatic heterocycles. The molecule has 4 N–H and O–H groups in total. The van der Waals surface area contributed by atoms with Gasteiger partial charge in [-0.05, 0) is 38.2 Å². The normalized spacial score (nSPS) is 10.8. The summed E-state index contributed by atoms with van der Waals surface area (Å²) in [4.78, 5) is 11.6. The molecule has 0 fully saturated rings. The average Bonchev–Trinajstić information content (AvgIpc) is 2.28. The van der Waals surface area contributed by atoms with Gasteiger partial charge in [0.15, 0.2) is 5.11 Å². The van der Waals surface area contributed by atoms with E-state index in [0.717, 1.165) is 5.56 Å². The number of anilines is 1. The van der Waals surface area contributed by atoms with E-state index in [2.05, 4.69) is 28.1 Å². The second kappa shape index (κ2) is 5.95. The lowest BCUT2D eigenvalue weighted by Crippen LogP contribution is -2.28. The molecule has 0 saturated heterocycles. The lowest BCUT2D eigenvalue weighted by atomic mass is 10.2. The molecular formula is C11H14N4OS. The maximum atomic E-state index is 11.6. The molecule has 1 amide bonds. The summed E-state index contributed by atoms with van der Waals surface area (Å²) in [5.41, 5.74) is 9.64. The zero-order valence-electron chi connectivity index (χ0n) is 9.65. The van der Waals surface area contributed by atoms with Gasteiger partial charge in [0.1, 0.15) is 5.71 Å². The van der Waals surface area contributed by atoms with Gasteiger partial charge in [-0.3, -0.25) is 10.2 Å². The van der Waals surface area contributed by atoms with Crippen molar-refractivity contribution in [2.75, 3.05) is 5.32 Å². The van der Waals surface area contributed by atoms with Crippen LogP contribution >= 0.6 is 12.2 Å². The Morgan fingerprint density at radius 1 is 1.35 bits per heavy atom. The number of nitrogens with zero attached hydrogens (tertiary/aromatic N) is 1. The molecule has 0 heterocycles. The minimum Gasteiger partial charge on any atom is -0.375 e. The molecule has 0 aliphatic carbocycles. The molecular weight excluding hydrogens is 236 g/mol. The summed E-state index contributed by atoms with van der Waals surface area (Å²) in [6.07, 6.45) is 0. The predicted molar refractivity (Wildman–Crippen MR) is 72.8 cm³/mol. The van der Waals surface area contributed by atoms with Crippen molar-refractivity contribution in [1.29, 1.82) is 0 Å². The third-order valence-electron chi connectivity index (χ3n) is 1.97. The van der Waals surface area contributed by atoms with Gasteiger partial charge in [-0.1, -0.05) is 17.7 Å². The summed E-state index contributed by atoms with van der Waals surface area (Å²) in [6, 6.07) is 7.47. The molecule has 0 spiro atoms. The van der Waals surface area contributed by atoms with Crippen LogP contribution in [0.25, 0.3) is 0 Å². The van der Waals surface area contributed by atoms with E-state index in [9.17, 15) is 4.79 Å². The van der Waals surface area contributed by atoms with E-state index in [-0.39, 0.29) is 16.7 Å². The van der Waals surface area contributed by atoms with Crippen molar-refractivity contribution < 1.29 is 4.79 Å². The highest BCUT2D eigenvalue weighted by Crippen LogP contribution is 2.08. The quantitative estimate of drug-likeness (QED) is 0.427. The van der Waals surface area contributed by atoms with Crippen LogP contribution in [-0.4, -0.2) is 16.7 Å². The Hall–Kier alpha value is -1.95. The summed E-state index contributed by atoms with van der Waals surface area (Å²) in [7, 11) is 0. The second-order valence-corrected chi connectivity index (χ2v) is 3.93. The number of nitrogens with two attached hydrogens (primary N) is 1. The number of carbonyl (C=O) groups is 1. The number of hydrazone groups is 1. The number of hydrogen-bond acceptors (Lipinski definition) is 3. The minimum atomic E-state index is -0.308. The zero-order valence-corrected chi connectivity index (χ0v) is 10.5. The van der Waals surface area contributed by atoms with Gasteiger partial charge in [0, 0.05) is 5.69 Å². The van der Waals surface area contributed by atoms with Crippen molar-refractivity contribution >= 4 is 34.6 Å². The van der Waals surface area contributed by atoms with E-state index in [1.54, 1.807) is 6.92 Å². The SMILES string of the molecule is C/C(=N/NC(N)=S)C(=O)Nc1ccc(C)cc1. The largest absolute Gasteiger partial charge is 0.375 e. The van der Waals surface area contributed by atoms with E-state index in [4.69, 9.17) is 5.73 Å². The van der Waals surface area contributed by atoms with Gasteiger partial charge in [-0.15, -0.1) is 0 Å². The molecule has 0 saturated carbocycles. The van der Waals surface area contributed by atoms with Crippen molar-refractivity contribution in [2.45, 2.75) is 13.8 Å². The van der Waals surface area contributed by atoms with Crippen molar-refractivity contribution in [3.05, 3.63) is 29.8 Å². The van der Waals surface area contributed by atoms with E-state index in [0.29, 0.717) is 5.69 Å². The molecule has 5 nitrogen and oxygen atoms in total. The molecule has 17 heavy (non-hydrogen) atoms. The number of hydrogen-bond donors (Lipinski definition) is 3. The molecule has 1 rings (SSSR count). The van der Waals surface area contributed by atoms with Crippen LogP contribution in [-0.2, 0) is 4.79 Å². The van der Waals surface area contributed by atoms with E-state index in [1.165, 1.54) is 0 Å². The van der Waals surface area contributed by atoms with Gasteiger partial charge >= 0.3 is 0 Å². The first-order chi connectivity index (χ1) is 7.99. The minimum absolute atomic E-state index is 0.0208. The Morgan fingerprint density at radius 2 is 1.94 bits per heavy atom. The Balaban J connectivity index is 2.63. The maximum Gasteiger partial charge on any atom is 0.271 e. The van der Waals surface area contributed by atoms with Crippen molar-refractivity contribution in [2.24, 2.45) is 10.8 Å². The van der Waals surface area contributed by atoms with Crippen LogP contribution in [0.15, 0.2) is 29.4 Å². The molecule has 0 radical (unpaired) electrons. The summed E-state index contributed by atoms with van der Waals surface area (Å²) in [5.74, 6) is -0.308. The van der Waals surface area contributed by atoms with Crippen LogP contribution < -0.4 is 16.5 Å². The zero-order chi connectivity index (χ0) is 12.8. The number of rotatable bonds is 3. The van der Waals surface area contributed by atoms with E-state index in [1.807, 2.05) is 31.2 Å². The van der Waals surface area contributed by atoms with E-state index >= 15 is 0 Å². The number of thiocarbonyl (C=S) groups is 1. The fourth-order valence-electron chi connectivity index (χ4n) is 1.05. The third kappa shape index (κ3) is 4.60. The number of amides is 1. The highest BCUT2D eigenvalue weighted by Gasteiger charge is 2.06. The molecule has 0 aliphatic heterocycles. The molecule has 1 aromatic carbocycles. The first-order valence-electron chi connectivity index (χ1n) is 4.97. The van der Waals surface area contributed by atoms with Crippen molar-refractivity contribution in [3.63, 3.8) is 0 Å². The second-order valence-electron chi connectivity index (χ2n) is 3.49. The van der Waals surface area contributed by atoms with Crippen LogP contribution in [0.1, 0.15) is 12.5 Å². The first kappa shape index (κ1) is 13.1. The van der Waals surface area contributed by atoms with Gasteiger partial charge in [-0.2, -0.15) is 5.10 Å². The summed E-state index contributed by atoms with van der Waals surface area (Å²) < 4.78 is 0. The standard InChI is InChI=1S/C11H14N4OS/c1-7-3-5-9(6-4-7)13-10(16)8(2)14-15-11(12)17/h3-6H,1-2H3,(H,13,16)(H3,12,15,17)/b14-8-. The number of aryl methyl sites for hydroxylation is 1. The van der Waals surface area contributed by atoms with Gasteiger partial charge < -0.3 is 11.1 Å². The molecule has 90 valence electrons. The van der Waals surface area contributed by atoms with E-state index < -0.39 is 0 Å². The number of carbonyl (C=O) groups excluding carboxylic acids is 1. The Morgan fingerprint density at radius 3 is 2.47 bits per heavy atom. The monoisotopic (exact) mass is 250 g/mol. The first-order valence-corrected chi connectivity index (χ1v) is 5.37. The van der Waals surface area contributed by atoms with Gasteiger partial charge in [0.2, 0.25) is 0 Å². The highest BCUT2D eigenvalue weighted by atomic mass is 32.1. The van der Waals surface area contributed by atoms with Gasteiger partial charge in [-0.25, -0.2) is 0 Å². The molecule has 6 heteroatoms. The van der Waals surface area contributed by atoms with Crippen LogP contribution in [0.5, 0.6) is 0 Å². The average molecular weight is 250 g/mol. The smallest absolute Gasteiger partial charge is 0.271 e. The molecule has 0 bridgehead atoms. The van der Waals surface area contributed by atoms with Gasteiger partial charge in [0.25, 0.3) is 5.91 Å². The van der Waals surface area contributed by atoms with Crippen LogP contribution in [0.2, 0.25) is 0 Å². The molecule has 0 atom stereocenters. The molecule has 1 aromatic rings. The Labute approximate surface area is 105 Å². The fraction of sp³-hybridized carbons (Fsp3) is 0.182. The fourth-order valence-corrected chi connectivity index (χ4v) is 1.09. The number of benzene rings is 1. The summed E-state index contributed by atoms with van der Waals surface area (Å²) in [5, 5.41) is 6.45. The molecule has 0 unspecified atom stereocenters.